The molecule has 18 heavy (non-hydrogen) atoms. The Morgan fingerprint density at radius 2 is 1.67 bits per heavy atom. The number of rotatable bonds is 4. The number of benzene rings is 2. The molecule has 0 atom stereocenters. The molecule has 2 N–H and O–H groups in total. The van der Waals surface area contributed by atoms with Gasteiger partial charge in [0.2, 0.25) is 0 Å². The fourth-order valence-electron chi connectivity index (χ4n) is 1.61. The van der Waals surface area contributed by atoms with Gasteiger partial charge >= 0.3 is 5.97 Å². The summed E-state index contributed by atoms with van der Waals surface area (Å²) in [6.45, 7) is 3.92. The Labute approximate surface area is 105 Å². The van der Waals surface area contributed by atoms with Crippen LogP contribution in [-0.2, 0) is 0 Å². The van der Waals surface area contributed by atoms with Gasteiger partial charge in [-0.2, -0.15) is 0 Å². The number of para-hydroxylation sites is 1. The van der Waals surface area contributed by atoms with Crippen molar-refractivity contribution in [2.75, 3.05) is 5.32 Å². The van der Waals surface area contributed by atoms with E-state index >= 15 is 0 Å². The molecule has 0 saturated heterocycles. The molecule has 90 valence electrons. The number of hydrogen-bond acceptors (Lipinski definition) is 2. The van der Waals surface area contributed by atoms with Gasteiger partial charge in [0.25, 0.3) is 0 Å². The molecule has 2 aromatic rings. The van der Waals surface area contributed by atoms with Gasteiger partial charge in [0, 0.05) is 11.4 Å². The molecular formula is C15H13NO2. The maximum Gasteiger partial charge on any atom is 0.335 e. The molecule has 0 aliphatic rings. The first-order chi connectivity index (χ1) is 8.66. The highest BCUT2D eigenvalue weighted by molar-refractivity contribution is 5.89. The van der Waals surface area contributed by atoms with E-state index in [0.29, 0.717) is 5.70 Å². The highest BCUT2D eigenvalue weighted by Crippen LogP contribution is 2.17. The van der Waals surface area contributed by atoms with Gasteiger partial charge in [0.15, 0.2) is 0 Å². The number of carbonyl (C=O) groups is 1. The van der Waals surface area contributed by atoms with Gasteiger partial charge < -0.3 is 10.4 Å². The van der Waals surface area contributed by atoms with E-state index in [2.05, 4.69) is 11.9 Å². The molecule has 0 fully saturated rings. The Balaban J connectivity index is 2.19. The lowest BCUT2D eigenvalue weighted by atomic mass is 10.1. The third-order valence-corrected chi connectivity index (χ3v) is 2.53. The smallest absolute Gasteiger partial charge is 0.335 e. The van der Waals surface area contributed by atoms with E-state index in [4.69, 9.17) is 5.11 Å². The van der Waals surface area contributed by atoms with Crippen LogP contribution in [-0.4, -0.2) is 11.1 Å². The monoisotopic (exact) mass is 239 g/mol. The van der Waals surface area contributed by atoms with Crippen LogP contribution >= 0.6 is 0 Å². The van der Waals surface area contributed by atoms with Crippen LogP contribution in [0.3, 0.4) is 0 Å². The van der Waals surface area contributed by atoms with Gasteiger partial charge in [-0.05, 0) is 29.8 Å². The molecule has 0 radical (unpaired) electrons. The van der Waals surface area contributed by atoms with Gasteiger partial charge in [0.1, 0.15) is 0 Å². The largest absolute Gasteiger partial charge is 0.478 e. The number of anilines is 1. The summed E-state index contributed by atoms with van der Waals surface area (Å²) in [5.41, 5.74) is 2.61. The van der Waals surface area contributed by atoms with Crippen molar-refractivity contribution in [3.8, 4) is 0 Å². The maximum atomic E-state index is 10.9. The SMILES string of the molecule is C=C(Nc1ccccc1)c1cccc(C(=O)O)c1. The predicted octanol–water partition coefficient (Wildman–Crippen LogP) is 3.47. The number of carboxylic acid groups (broad SMARTS) is 1. The van der Waals surface area contributed by atoms with Crippen molar-refractivity contribution in [2.24, 2.45) is 0 Å². The van der Waals surface area contributed by atoms with E-state index in [-0.39, 0.29) is 5.56 Å². The Morgan fingerprint density at radius 3 is 2.33 bits per heavy atom. The van der Waals surface area contributed by atoms with E-state index < -0.39 is 5.97 Å². The van der Waals surface area contributed by atoms with Crippen molar-refractivity contribution in [1.82, 2.24) is 0 Å². The normalized spacial score (nSPS) is 9.78. The molecule has 3 heteroatoms. The van der Waals surface area contributed by atoms with Crippen molar-refractivity contribution >= 4 is 17.4 Å². The first-order valence-corrected chi connectivity index (χ1v) is 5.51. The molecule has 2 rings (SSSR count). The Kier molecular flexibility index (Phi) is 3.44. The predicted molar refractivity (Wildman–Crippen MR) is 72.5 cm³/mol. The minimum atomic E-state index is -0.940. The summed E-state index contributed by atoms with van der Waals surface area (Å²) in [5.74, 6) is -0.940. The average Bonchev–Trinajstić information content (AvgIpc) is 2.40. The van der Waals surface area contributed by atoms with Gasteiger partial charge in [-0.15, -0.1) is 0 Å². The molecule has 3 nitrogen and oxygen atoms in total. The summed E-state index contributed by atoms with van der Waals surface area (Å²) < 4.78 is 0. The molecule has 0 aromatic heterocycles. The van der Waals surface area contributed by atoms with Crippen LogP contribution in [0.4, 0.5) is 5.69 Å². The van der Waals surface area contributed by atoms with E-state index in [1.165, 1.54) is 0 Å². The second-order valence-electron chi connectivity index (χ2n) is 3.86. The summed E-state index contributed by atoms with van der Waals surface area (Å²) in [6, 6.07) is 16.3. The van der Waals surface area contributed by atoms with Crippen LogP contribution in [0.5, 0.6) is 0 Å². The number of hydrogen-bond donors (Lipinski definition) is 2. The van der Waals surface area contributed by atoms with Crippen LogP contribution in [0.25, 0.3) is 5.70 Å². The van der Waals surface area contributed by atoms with Gasteiger partial charge in [-0.25, -0.2) is 4.79 Å². The van der Waals surface area contributed by atoms with Crippen molar-refractivity contribution in [1.29, 1.82) is 0 Å². The zero-order valence-corrected chi connectivity index (χ0v) is 9.76. The molecule has 0 heterocycles. The molecule has 0 spiro atoms. The lowest BCUT2D eigenvalue weighted by Crippen LogP contribution is -2.00. The quantitative estimate of drug-likeness (QED) is 0.858. The van der Waals surface area contributed by atoms with E-state index in [1.807, 2.05) is 36.4 Å². The summed E-state index contributed by atoms with van der Waals surface area (Å²) in [7, 11) is 0. The van der Waals surface area contributed by atoms with Crippen molar-refractivity contribution in [2.45, 2.75) is 0 Å². The average molecular weight is 239 g/mol. The Morgan fingerprint density at radius 1 is 1.00 bits per heavy atom. The zero-order chi connectivity index (χ0) is 13.0. The Hall–Kier alpha value is -2.55. The highest BCUT2D eigenvalue weighted by atomic mass is 16.4. The fourth-order valence-corrected chi connectivity index (χ4v) is 1.61. The third-order valence-electron chi connectivity index (χ3n) is 2.53. The summed E-state index contributed by atoms with van der Waals surface area (Å²) in [6.07, 6.45) is 0. The molecule has 0 saturated carbocycles. The van der Waals surface area contributed by atoms with Crippen LogP contribution in [0.2, 0.25) is 0 Å². The zero-order valence-electron chi connectivity index (χ0n) is 9.76. The standard InChI is InChI=1S/C15H13NO2/c1-11(16-14-8-3-2-4-9-14)12-6-5-7-13(10-12)15(17)18/h2-10,16H,1H2,(H,17,18). The molecule has 0 aliphatic heterocycles. The minimum Gasteiger partial charge on any atom is -0.478 e. The Bertz CT molecular complexity index is 576. The minimum absolute atomic E-state index is 0.253. The van der Waals surface area contributed by atoms with Crippen LogP contribution < -0.4 is 5.32 Å². The highest BCUT2D eigenvalue weighted by Gasteiger charge is 2.05. The van der Waals surface area contributed by atoms with Crippen molar-refractivity contribution < 1.29 is 9.90 Å². The van der Waals surface area contributed by atoms with Crippen LogP contribution in [0.1, 0.15) is 15.9 Å². The van der Waals surface area contributed by atoms with E-state index in [1.54, 1.807) is 18.2 Å². The van der Waals surface area contributed by atoms with E-state index in [9.17, 15) is 4.79 Å². The second-order valence-corrected chi connectivity index (χ2v) is 3.86. The lowest BCUT2D eigenvalue weighted by Gasteiger charge is -2.10. The van der Waals surface area contributed by atoms with Gasteiger partial charge in [-0.3, -0.25) is 0 Å². The summed E-state index contributed by atoms with van der Waals surface area (Å²) in [5, 5.41) is 12.1. The first kappa shape index (κ1) is 11.9. The second kappa shape index (κ2) is 5.19. The molecule has 2 aromatic carbocycles. The first-order valence-electron chi connectivity index (χ1n) is 5.51. The molecule has 0 aliphatic carbocycles. The van der Waals surface area contributed by atoms with E-state index in [0.717, 1.165) is 11.3 Å². The third kappa shape index (κ3) is 2.77. The summed E-state index contributed by atoms with van der Waals surface area (Å²) in [4.78, 5) is 10.9. The molecule has 0 amide bonds. The molecule has 0 unspecified atom stereocenters. The van der Waals surface area contributed by atoms with Crippen molar-refractivity contribution in [3.63, 3.8) is 0 Å². The fraction of sp³-hybridized carbons (Fsp3) is 0. The van der Waals surface area contributed by atoms with Gasteiger partial charge in [0.05, 0.1) is 5.56 Å². The number of carboxylic acids is 1. The molecular weight excluding hydrogens is 226 g/mol. The van der Waals surface area contributed by atoms with Crippen molar-refractivity contribution in [3.05, 3.63) is 72.3 Å². The number of aromatic carboxylic acids is 1. The molecule has 0 bridgehead atoms. The van der Waals surface area contributed by atoms with Crippen LogP contribution in [0, 0.1) is 0 Å². The van der Waals surface area contributed by atoms with Gasteiger partial charge in [-0.1, -0.05) is 36.9 Å². The topological polar surface area (TPSA) is 49.3 Å². The summed E-state index contributed by atoms with van der Waals surface area (Å²) >= 11 is 0. The lowest BCUT2D eigenvalue weighted by molar-refractivity contribution is 0.0697. The number of nitrogens with one attached hydrogen (secondary N) is 1. The maximum absolute atomic E-state index is 10.9. The van der Waals surface area contributed by atoms with Crippen LogP contribution in [0.15, 0.2) is 61.2 Å².